The summed E-state index contributed by atoms with van der Waals surface area (Å²) in [6.07, 6.45) is 1.33. The number of hydrogen-bond acceptors (Lipinski definition) is 3. The molecule has 1 unspecified atom stereocenters. The molecule has 5 nitrogen and oxygen atoms in total. The minimum absolute atomic E-state index is 0.0412. The summed E-state index contributed by atoms with van der Waals surface area (Å²) in [5.74, 6) is 1.18. The van der Waals surface area contributed by atoms with Crippen molar-refractivity contribution in [3.05, 3.63) is 47.2 Å². The number of piperidine rings is 1. The average Bonchev–Trinajstić information content (AvgIpc) is 3.17. The van der Waals surface area contributed by atoms with Gasteiger partial charge >= 0.3 is 0 Å². The van der Waals surface area contributed by atoms with E-state index in [0.29, 0.717) is 48.4 Å². The van der Waals surface area contributed by atoms with Gasteiger partial charge in [-0.1, -0.05) is 37.6 Å². The summed E-state index contributed by atoms with van der Waals surface area (Å²) < 4.78 is 5.76. The first-order valence-corrected chi connectivity index (χ1v) is 10.2. The van der Waals surface area contributed by atoms with Gasteiger partial charge in [-0.25, -0.2) is 0 Å². The predicted octanol–water partition coefficient (Wildman–Crippen LogP) is 4.61. The van der Waals surface area contributed by atoms with E-state index in [4.69, 9.17) is 16.0 Å². The average molecular weight is 403 g/mol. The predicted molar refractivity (Wildman–Crippen MR) is 110 cm³/mol. The van der Waals surface area contributed by atoms with Crippen molar-refractivity contribution in [2.24, 2.45) is 11.8 Å². The molecule has 2 heterocycles. The Balaban J connectivity index is 1.59. The Morgan fingerprint density at radius 1 is 1.11 bits per heavy atom. The highest BCUT2D eigenvalue weighted by Crippen LogP contribution is 2.30. The summed E-state index contributed by atoms with van der Waals surface area (Å²) in [4.78, 5) is 26.9. The molecule has 6 heteroatoms. The van der Waals surface area contributed by atoms with E-state index in [9.17, 15) is 9.59 Å². The third-order valence-corrected chi connectivity index (χ3v) is 5.81. The third-order valence-electron chi connectivity index (χ3n) is 5.48. The van der Waals surface area contributed by atoms with Crippen molar-refractivity contribution in [2.75, 3.05) is 13.1 Å². The second kappa shape index (κ2) is 8.82. The van der Waals surface area contributed by atoms with Crippen molar-refractivity contribution in [1.82, 2.24) is 10.2 Å². The molecule has 0 saturated carbocycles. The SMILES string of the molecule is CC(C)C(C)NC(=O)C1CCN(C(=O)c2ccc(-c3ccccc3Cl)o2)CC1. The number of carbonyl (C=O) groups is 2. The Morgan fingerprint density at radius 2 is 1.79 bits per heavy atom. The number of likely N-dealkylation sites (tertiary alicyclic amines) is 1. The van der Waals surface area contributed by atoms with Gasteiger partial charge in [-0.15, -0.1) is 0 Å². The van der Waals surface area contributed by atoms with Crippen molar-refractivity contribution in [1.29, 1.82) is 0 Å². The second-order valence-corrected chi connectivity index (χ2v) is 8.16. The summed E-state index contributed by atoms with van der Waals surface area (Å²) >= 11 is 6.20. The largest absolute Gasteiger partial charge is 0.451 e. The van der Waals surface area contributed by atoms with Gasteiger partial charge < -0.3 is 14.6 Å². The summed E-state index contributed by atoms with van der Waals surface area (Å²) in [7, 11) is 0. The van der Waals surface area contributed by atoms with Crippen LogP contribution in [0.5, 0.6) is 0 Å². The number of furan rings is 1. The second-order valence-electron chi connectivity index (χ2n) is 7.75. The van der Waals surface area contributed by atoms with Crippen LogP contribution in [0.4, 0.5) is 0 Å². The van der Waals surface area contributed by atoms with Crippen LogP contribution in [0.3, 0.4) is 0 Å². The molecule has 0 aliphatic carbocycles. The highest BCUT2D eigenvalue weighted by atomic mass is 35.5. The van der Waals surface area contributed by atoms with Gasteiger partial charge in [0, 0.05) is 30.6 Å². The first-order valence-electron chi connectivity index (χ1n) is 9.81. The standard InChI is InChI=1S/C22H27ClN2O3/c1-14(2)15(3)24-21(26)16-10-12-25(13-11-16)22(27)20-9-8-19(28-20)17-6-4-5-7-18(17)23/h4-9,14-16H,10-13H2,1-3H3,(H,24,26). The quantitative estimate of drug-likeness (QED) is 0.794. The van der Waals surface area contributed by atoms with Crippen LogP contribution in [-0.4, -0.2) is 35.8 Å². The molecule has 28 heavy (non-hydrogen) atoms. The normalized spacial score (nSPS) is 16.2. The zero-order valence-corrected chi connectivity index (χ0v) is 17.3. The summed E-state index contributed by atoms with van der Waals surface area (Å²) in [6.45, 7) is 7.30. The van der Waals surface area contributed by atoms with Gasteiger partial charge in [0.2, 0.25) is 5.91 Å². The van der Waals surface area contributed by atoms with E-state index in [-0.39, 0.29) is 23.8 Å². The molecular weight excluding hydrogens is 376 g/mol. The molecule has 2 aromatic rings. The van der Waals surface area contributed by atoms with E-state index >= 15 is 0 Å². The number of hydrogen-bond donors (Lipinski definition) is 1. The molecule has 1 saturated heterocycles. The zero-order chi connectivity index (χ0) is 20.3. The number of halogens is 1. The molecule has 2 amide bonds. The van der Waals surface area contributed by atoms with Gasteiger partial charge in [-0.2, -0.15) is 0 Å². The lowest BCUT2D eigenvalue weighted by molar-refractivity contribution is -0.127. The van der Waals surface area contributed by atoms with Crippen LogP contribution in [-0.2, 0) is 4.79 Å². The monoisotopic (exact) mass is 402 g/mol. The number of amides is 2. The third kappa shape index (κ3) is 4.58. The number of rotatable bonds is 5. The Hall–Kier alpha value is -2.27. The molecular formula is C22H27ClN2O3. The molecule has 0 bridgehead atoms. The van der Waals surface area contributed by atoms with E-state index in [0.717, 1.165) is 5.56 Å². The van der Waals surface area contributed by atoms with Gasteiger partial charge in [-0.3, -0.25) is 9.59 Å². The topological polar surface area (TPSA) is 62.6 Å². The number of nitrogens with one attached hydrogen (secondary N) is 1. The fourth-order valence-electron chi connectivity index (χ4n) is 3.27. The molecule has 1 aromatic heterocycles. The first kappa shape index (κ1) is 20.5. The summed E-state index contributed by atoms with van der Waals surface area (Å²) in [6, 6.07) is 11.0. The number of carbonyl (C=O) groups excluding carboxylic acids is 2. The summed E-state index contributed by atoms with van der Waals surface area (Å²) in [5.41, 5.74) is 0.762. The fraction of sp³-hybridized carbons (Fsp3) is 0.455. The van der Waals surface area contributed by atoms with Gasteiger partial charge in [0.15, 0.2) is 5.76 Å². The van der Waals surface area contributed by atoms with Crippen LogP contribution in [0.1, 0.15) is 44.2 Å². The van der Waals surface area contributed by atoms with E-state index in [1.54, 1.807) is 23.1 Å². The van der Waals surface area contributed by atoms with Gasteiger partial charge in [-0.05, 0) is 49.9 Å². The number of nitrogens with zero attached hydrogens (tertiary/aromatic N) is 1. The summed E-state index contributed by atoms with van der Waals surface area (Å²) in [5, 5.41) is 3.66. The Kier molecular flexibility index (Phi) is 6.45. The zero-order valence-electron chi connectivity index (χ0n) is 16.6. The van der Waals surface area contributed by atoms with Crippen molar-refractivity contribution >= 4 is 23.4 Å². The minimum atomic E-state index is -0.146. The molecule has 1 aliphatic heterocycles. The van der Waals surface area contributed by atoms with Crippen molar-refractivity contribution in [3.8, 4) is 11.3 Å². The minimum Gasteiger partial charge on any atom is -0.451 e. The van der Waals surface area contributed by atoms with Crippen molar-refractivity contribution in [2.45, 2.75) is 39.7 Å². The maximum atomic E-state index is 12.8. The molecule has 1 fully saturated rings. The molecule has 150 valence electrons. The molecule has 0 radical (unpaired) electrons. The Morgan fingerprint density at radius 3 is 2.43 bits per heavy atom. The lowest BCUT2D eigenvalue weighted by Crippen LogP contribution is -2.45. The van der Waals surface area contributed by atoms with E-state index in [1.807, 2.05) is 25.1 Å². The van der Waals surface area contributed by atoms with E-state index in [2.05, 4.69) is 19.2 Å². The Bertz CT molecular complexity index is 838. The van der Waals surface area contributed by atoms with Crippen LogP contribution in [0.2, 0.25) is 5.02 Å². The maximum Gasteiger partial charge on any atom is 0.289 e. The smallest absolute Gasteiger partial charge is 0.289 e. The molecule has 3 rings (SSSR count). The first-order chi connectivity index (χ1) is 13.4. The molecule has 0 spiro atoms. The van der Waals surface area contributed by atoms with Crippen LogP contribution >= 0.6 is 11.6 Å². The lowest BCUT2D eigenvalue weighted by atomic mass is 9.94. The van der Waals surface area contributed by atoms with Crippen molar-refractivity contribution < 1.29 is 14.0 Å². The molecule has 1 aromatic carbocycles. The van der Waals surface area contributed by atoms with Crippen LogP contribution in [0, 0.1) is 11.8 Å². The van der Waals surface area contributed by atoms with E-state index in [1.165, 1.54) is 0 Å². The molecule has 1 N–H and O–H groups in total. The van der Waals surface area contributed by atoms with Crippen molar-refractivity contribution in [3.63, 3.8) is 0 Å². The van der Waals surface area contributed by atoms with Gasteiger partial charge in [0.1, 0.15) is 5.76 Å². The highest BCUT2D eigenvalue weighted by Gasteiger charge is 2.29. The van der Waals surface area contributed by atoms with Crippen LogP contribution in [0.25, 0.3) is 11.3 Å². The lowest BCUT2D eigenvalue weighted by Gasteiger charge is -2.31. The van der Waals surface area contributed by atoms with E-state index < -0.39 is 0 Å². The molecule has 1 atom stereocenters. The maximum absolute atomic E-state index is 12.8. The molecule has 1 aliphatic rings. The van der Waals surface area contributed by atoms with Crippen LogP contribution < -0.4 is 5.32 Å². The van der Waals surface area contributed by atoms with Crippen LogP contribution in [0.15, 0.2) is 40.8 Å². The fourth-order valence-corrected chi connectivity index (χ4v) is 3.50. The number of benzene rings is 1. The van der Waals surface area contributed by atoms with Gasteiger partial charge in [0.25, 0.3) is 5.91 Å². The Labute approximate surface area is 171 Å². The van der Waals surface area contributed by atoms with Gasteiger partial charge in [0.05, 0.1) is 5.02 Å². The highest BCUT2D eigenvalue weighted by molar-refractivity contribution is 6.33.